The standard InChI is InChI=1S/C16H24N2OS/c1-12-14(13-6-4-3-5-7-13)8-10-18(12)16(19)15(17)9-11-20-2/h3-7,12,14-15H,8-11,17H2,1-2H3/t12?,14?,15-/m0/s1. The van der Waals surface area contributed by atoms with Gasteiger partial charge in [-0.1, -0.05) is 30.3 Å². The monoisotopic (exact) mass is 292 g/mol. The lowest BCUT2D eigenvalue weighted by Gasteiger charge is -2.27. The van der Waals surface area contributed by atoms with Gasteiger partial charge in [-0.15, -0.1) is 0 Å². The van der Waals surface area contributed by atoms with Gasteiger partial charge in [-0.05, 0) is 37.3 Å². The molecule has 0 spiro atoms. The largest absolute Gasteiger partial charge is 0.338 e. The Kier molecular flexibility index (Phi) is 5.49. The van der Waals surface area contributed by atoms with Crippen molar-refractivity contribution < 1.29 is 4.79 Å². The predicted molar refractivity (Wildman–Crippen MR) is 85.9 cm³/mol. The molecule has 2 unspecified atom stereocenters. The van der Waals surface area contributed by atoms with Crippen molar-refractivity contribution in [3.05, 3.63) is 35.9 Å². The first-order valence-corrected chi connectivity index (χ1v) is 8.64. The normalized spacial score (nSPS) is 23.9. The van der Waals surface area contributed by atoms with E-state index in [4.69, 9.17) is 5.73 Å². The van der Waals surface area contributed by atoms with Crippen LogP contribution in [-0.4, -0.2) is 41.4 Å². The van der Waals surface area contributed by atoms with E-state index in [0.29, 0.717) is 5.92 Å². The lowest BCUT2D eigenvalue weighted by molar-refractivity contribution is -0.133. The highest BCUT2D eigenvalue weighted by Crippen LogP contribution is 2.33. The summed E-state index contributed by atoms with van der Waals surface area (Å²) in [4.78, 5) is 14.4. The molecule has 1 aliphatic rings. The van der Waals surface area contributed by atoms with E-state index in [2.05, 4.69) is 31.2 Å². The number of carbonyl (C=O) groups excluding carboxylic acids is 1. The summed E-state index contributed by atoms with van der Waals surface area (Å²) < 4.78 is 0. The fourth-order valence-corrected chi connectivity index (χ4v) is 3.47. The van der Waals surface area contributed by atoms with Crippen LogP contribution in [0.5, 0.6) is 0 Å². The molecule has 1 amide bonds. The molecule has 1 aromatic rings. The van der Waals surface area contributed by atoms with E-state index in [1.165, 1.54) is 5.56 Å². The van der Waals surface area contributed by atoms with Gasteiger partial charge in [0.15, 0.2) is 0 Å². The van der Waals surface area contributed by atoms with E-state index >= 15 is 0 Å². The summed E-state index contributed by atoms with van der Waals surface area (Å²) in [6.07, 6.45) is 3.84. The van der Waals surface area contributed by atoms with Crippen LogP contribution in [0.15, 0.2) is 30.3 Å². The van der Waals surface area contributed by atoms with Crippen LogP contribution in [0.3, 0.4) is 0 Å². The van der Waals surface area contributed by atoms with Gasteiger partial charge >= 0.3 is 0 Å². The zero-order chi connectivity index (χ0) is 14.5. The molecule has 0 aliphatic carbocycles. The van der Waals surface area contributed by atoms with Gasteiger partial charge in [-0.3, -0.25) is 4.79 Å². The Balaban J connectivity index is 2.00. The lowest BCUT2D eigenvalue weighted by atomic mass is 9.93. The zero-order valence-corrected chi connectivity index (χ0v) is 13.1. The van der Waals surface area contributed by atoms with Crippen molar-refractivity contribution >= 4 is 17.7 Å². The molecule has 0 aromatic heterocycles. The molecule has 0 bridgehead atoms. The fraction of sp³-hybridized carbons (Fsp3) is 0.562. The third kappa shape index (κ3) is 3.36. The molecule has 2 N–H and O–H groups in total. The topological polar surface area (TPSA) is 46.3 Å². The molecule has 3 nitrogen and oxygen atoms in total. The summed E-state index contributed by atoms with van der Waals surface area (Å²) >= 11 is 1.74. The maximum atomic E-state index is 12.4. The molecule has 1 heterocycles. The molecule has 20 heavy (non-hydrogen) atoms. The van der Waals surface area contributed by atoms with Crippen LogP contribution in [0.25, 0.3) is 0 Å². The quantitative estimate of drug-likeness (QED) is 0.907. The zero-order valence-electron chi connectivity index (χ0n) is 12.3. The summed E-state index contributed by atoms with van der Waals surface area (Å²) in [7, 11) is 0. The Hall–Kier alpha value is -1.00. The minimum Gasteiger partial charge on any atom is -0.338 e. The molecule has 3 atom stereocenters. The van der Waals surface area contributed by atoms with Gasteiger partial charge in [0.2, 0.25) is 5.91 Å². The SMILES string of the molecule is CSCC[C@H](N)C(=O)N1CCC(c2ccccc2)C1C. The first-order chi connectivity index (χ1) is 9.65. The van der Waals surface area contributed by atoms with Crippen molar-refractivity contribution in [2.75, 3.05) is 18.6 Å². The van der Waals surface area contributed by atoms with Gasteiger partial charge in [0.25, 0.3) is 0 Å². The summed E-state index contributed by atoms with van der Waals surface area (Å²) in [5.41, 5.74) is 7.35. The van der Waals surface area contributed by atoms with Crippen molar-refractivity contribution in [2.24, 2.45) is 5.73 Å². The molecule has 110 valence electrons. The molecule has 4 heteroatoms. The van der Waals surface area contributed by atoms with Gasteiger partial charge in [-0.2, -0.15) is 11.8 Å². The number of amides is 1. The Morgan fingerprint density at radius 1 is 1.45 bits per heavy atom. The van der Waals surface area contributed by atoms with Gasteiger partial charge in [0.1, 0.15) is 0 Å². The van der Waals surface area contributed by atoms with E-state index in [0.717, 1.165) is 25.1 Å². The third-order valence-electron chi connectivity index (χ3n) is 4.22. The molecule has 1 aromatic carbocycles. The highest BCUT2D eigenvalue weighted by molar-refractivity contribution is 7.98. The summed E-state index contributed by atoms with van der Waals surface area (Å²) in [6, 6.07) is 10.4. The number of hydrogen-bond acceptors (Lipinski definition) is 3. The molecule has 2 rings (SSSR count). The van der Waals surface area contributed by atoms with Crippen molar-refractivity contribution in [3.63, 3.8) is 0 Å². The van der Waals surface area contributed by atoms with Gasteiger partial charge in [-0.25, -0.2) is 0 Å². The van der Waals surface area contributed by atoms with Crippen LogP contribution in [0.1, 0.15) is 31.2 Å². The number of nitrogens with two attached hydrogens (primary N) is 1. The first-order valence-electron chi connectivity index (χ1n) is 7.25. The van der Waals surface area contributed by atoms with Crippen LogP contribution in [-0.2, 0) is 4.79 Å². The van der Waals surface area contributed by atoms with Gasteiger partial charge < -0.3 is 10.6 Å². The highest BCUT2D eigenvalue weighted by Gasteiger charge is 2.36. The smallest absolute Gasteiger partial charge is 0.239 e. The molecule has 0 radical (unpaired) electrons. The van der Waals surface area contributed by atoms with Crippen LogP contribution in [0.2, 0.25) is 0 Å². The van der Waals surface area contributed by atoms with Gasteiger partial charge in [0.05, 0.1) is 6.04 Å². The first kappa shape index (κ1) is 15.4. The summed E-state index contributed by atoms with van der Waals surface area (Å²) in [5.74, 6) is 1.50. The van der Waals surface area contributed by atoms with Crippen molar-refractivity contribution in [1.29, 1.82) is 0 Å². The highest BCUT2D eigenvalue weighted by atomic mass is 32.2. The minimum absolute atomic E-state index is 0.116. The minimum atomic E-state index is -0.348. The Labute approximate surface area is 125 Å². The van der Waals surface area contributed by atoms with E-state index in [1.807, 2.05) is 17.2 Å². The fourth-order valence-electron chi connectivity index (χ4n) is 2.98. The molecule has 0 saturated carbocycles. The number of hydrogen-bond donors (Lipinski definition) is 1. The number of rotatable bonds is 5. The van der Waals surface area contributed by atoms with E-state index < -0.39 is 0 Å². The molecule has 1 aliphatic heterocycles. The van der Waals surface area contributed by atoms with Crippen molar-refractivity contribution in [2.45, 2.75) is 37.8 Å². The average molecular weight is 292 g/mol. The molecule has 1 fully saturated rings. The molecular formula is C16H24N2OS. The predicted octanol–water partition coefficient (Wildman–Crippen LogP) is 2.47. The number of likely N-dealkylation sites (tertiary alicyclic amines) is 1. The van der Waals surface area contributed by atoms with Crippen LogP contribution < -0.4 is 5.73 Å². The Morgan fingerprint density at radius 2 is 2.15 bits per heavy atom. The van der Waals surface area contributed by atoms with Crippen LogP contribution in [0, 0.1) is 0 Å². The van der Waals surface area contributed by atoms with Gasteiger partial charge in [0, 0.05) is 18.5 Å². The molecule has 1 saturated heterocycles. The Bertz CT molecular complexity index is 437. The van der Waals surface area contributed by atoms with Crippen molar-refractivity contribution in [1.82, 2.24) is 4.90 Å². The number of benzene rings is 1. The lowest BCUT2D eigenvalue weighted by Crippen LogP contribution is -2.46. The van der Waals surface area contributed by atoms with Crippen LogP contribution >= 0.6 is 11.8 Å². The second-order valence-corrected chi connectivity index (χ2v) is 6.45. The van der Waals surface area contributed by atoms with Crippen molar-refractivity contribution in [3.8, 4) is 0 Å². The second-order valence-electron chi connectivity index (χ2n) is 5.47. The van der Waals surface area contributed by atoms with E-state index in [-0.39, 0.29) is 18.0 Å². The maximum absolute atomic E-state index is 12.4. The van der Waals surface area contributed by atoms with E-state index in [9.17, 15) is 4.79 Å². The van der Waals surface area contributed by atoms with Crippen LogP contribution in [0.4, 0.5) is 0 Å². The number of carbonyl (C=O) groups is 1. The maximum Gasteiger partial charge on any atom is 0.239 e. The average Bonchev–Trinajstić information content (AvgIpc) is 2.86. The third-order valence-corrected chi connectivity index (χ3v) is 4.86. The second kappa shape index (κ2) is 7.14. The molecular weight excluding hydrogens is 268 g/mol. The Morgan fingerprint density at radius 3 is 2.80 bits per heavy atom. The summed E-state index contributed by atoms with van der Waals surface area (Å²) in [5, 5.41) is 0. The number of nitrogens with zero attached hydrogens (tertiary/aromatic N) is 1. The summed E-state index contributed by atoms with van der Waals surface area (Å²) in [6.45, 7) is 2.97. The van der Waals surface area contributed by atoms with E-state index in [1.54, 1.807) is 11.8 Å². The number of thioether (sulfide) groups is 1.